The maximum atomic E-state index is 12.7. The molecule has 3 rings (SSSR count). The fourth-order valence-corrected chi connectivity index (χ4v) is 5.26. The Kier molecular flexibility index (Phi) is 6.07. The summed E-state index contributed by atoms with van der Waals surface area (Å²) in [4.78, 5) is 13.5. The third-order valence-electron chi connectivity index (χ3n) is 4.30. The predicted molar refractivity (Wildman–Crippen MR) is 104 cm³/mol. The van der Waals surface area contributed by atoms with Gasteiger partial charge in [-0.2, -0.15) is 0 Å². The second-order valence-electron chi connectivity index (χ2n) is 6.08. The van der Waals surface area contributed by atoms with Crippen molar-refractivity contribution in [3.8, 4) is 0 Å². The molecule has 2 aromatic rings. The minimum absolute atomic E-state index is 0.124. The number of hydrogen-bond acceptors (Lipinski definition) is 6. The molecule has 1 unspecified atom stereocenters. The maximum absolute atomic E-state index is 12.7. The summed E-state index contributed by atoms with van der Waals surface area (Å²) in [6, 6.07) is 4.73. The molecule has 1 aliphatic heterocycles. The van der Waals surface area contributed by atoms with Gasteiger partial charge in [0.2, 0.25) is 6.29 Å². The standard InChI is InChI=1S/C17H19ClN2O5S2/c1-11-13(18)3-2-4-15(11)27(23,24)19-14-10-26-9-12(14)5-6-20-7-8-25-17(22)16(20)21/h2-4,9-10,17,19,22H,5-8H2,1H3. The molecule has 0 saturated carbocycles. The molecule has 2 N–H and O–H groups in total. The monoisotopic (exact) mass is 430 g/mol. The van der Waals surface area contributed by atoms with Crippen molar-refractivity contribution in [1.29, 1.82) is 0 Å². The number of rotatable bonds is 6. The lowest BCUT2D eigenvalue weighted by atomic mass is 10.2. The Balaban J connectivity index is 1.73. The van der Waals surface area contributed by atoms with Gasteiger partial charge < -0.3 is 14.7 Å². The van der Waals surface area contributed by atoms with Crippen LogP contribution in [0.15, 0.2) is 33.9 Å². The van der Waals surface area contributed by atoms with Crippen molar-refractivity contribution < 1.29 is 23.1 Å². The van der Waals surface area contributed by atoms with Gasteiger partial charge in [0.15, 0.2) is 0 Å². The van der Waals surface area contributed by atoms with Crippen LogP contribution in [-0.4, -0.2) is 50.3 Å². The zero-order chi connectivity index (χ0) is 19.6. The topological polar surface area (TPSA) is 95.9 Å². The lowest BCUT2D eigenvalue weighted by Gasteiger charge is -2.29. The van der Waals surface area contributed by atoms with E-state index in [1.165, 1.54) is 22.3 Å². The summed E-state index contributed by atoms with van der Waals surface area (Å²) >= 11 is 7.40. The molecule has 2 heterocycles. The molecule has 0 bridgehead atoms. The summed E-state index contributed by atoms with van der Waals surface area (Å²) in [7, 11) is -3.79. The number of aliphatic hydroxyl groups excluding tert-OH is 1. The van der Waals surface area contributed by atoms with Crippen LogP contribution in [0.5, 0.6) is 0 Å². The third kappa shape index (κ3) is 4.44. The van der Waals surface area contributed by atoms with Crippen molar-refractivity contribution in [2.75, 3.05) is 24.4 Å². The Labute approximate surface area is 166 Å². The van der Waals surface area contributed by atoms with Crippen LogP contribution in [0.2, 0.25) is 5.02 Å². The van der Waals surface area contributed by atoms with Crippen LogP contribution in [0, 0.1) is 6.92 Å². The fraction of sp³-hybridized carbons (Fsp3) is 0.353. The summed E-state index contributed by atoms with van der Waals surface area (Å²) < 4.78 is 33.0. The molecule has 0 spiro atoms. The zero-order valence-corrected chi connectivity index (χ0v) is 16.9. The Morgan fingerprint density at radius 2 is 2.19 bits per heavy atom. The summed E-state index contributed by atoms with van der Waals surface area (Å²) in [5.41, 5.74) is 1.73. The molecule has 1 saturated heterocycles. The van der Waals surface area contributed by atoms with E-state index < -0.39 is 22.2 Å². The van der Waals surface area contributed by atoms with E-state index in [1.54, 1.807) is 24.4 Å². The number of aliphatic hydroxyl groups is 1. The first-order valence-electron chi connectivity index (χ1n) is 8.21. The number of hydrogen-bond donors (Lipinski definition) is 2. The van der Waals surface area contributed by atoms with Crippen LogP contribution in [0.3, 0.4) is 0 Å². The van der Waals surface area contributed by atoms with Crippen LogP contribution in [0.4, 0.5) is 5.69 Å². The van der Waals surface area contributed by atoms with Crippen molar-refractivity contribution in [1.82, 2.24) is 4.90 Å². The van der Waals surface area contributed by atoms with Crippen LogP contribution in [-0.2, 0) is 26.0 Å². The lowest BCUT2D eigenvalue weighted by molar-refractivity contribution is -0.183. The number of anilines is 1. The Morgan fingerprint density at radius 1 is 1.41 bits per heavy atom. The van der Waals surface area contributed by atoms with Crippen LogP contribution < -0.4 is 4.72 Å². The van der Waals surface area contributed by atoms with E-state index in [0.29, 0.717) is 35.8 Å². The lowest BCUT2D eigenvalue weighted by Crippen LogP contribution is -2.48. The number of thiophene rings is 1. The van der Waals surface area contributed by atoms with Crippen molar-refractivity contribution in [2.24, 2.45) is 0 Å². The van der Waals surface area contributed by atoms with Gasteiger partial charge >= 0.3 is 0 Å². The predicted octanol–water partition coefficient (Wildman–Crippen LogP) is 2.23. The van der Waals surface area contributed by atoms with Gasteiger partial charge in [-0.3, -0.25) is 9.52 Å². The summed E-state index contributed by atoms with van der Waals surface area (Å²) in [5, 5.41) is 13.4. The molecule has 146 valence electrons. The van der Waals surface area contributed by atoms with Gasteiger partial charge in [-0.25, -0.2) is 8.42 Å². The number of carbonyl (C=O) groups excluding carboxylic acids is 1. The van der Waals surface area contributed by atoms with Crippen molar-refractivity contribution in [3.63, 3.8) is 0 Å². The van der Waals surface area contributed by atoms with Gasteiger partial charge in [-0.05, 0) is 42.0 Å². The number of morpholine rings is 1. The van der Waals surface area contributed by atoms with E-state index in [0.717, 1.165) is 5.56 Å². The quantitative estimate of drug-likeness (QED) is 0.732. The first-order chi connectivity index (χ1) is 12.8. The number of carbonyl (C=O) groups is 1. The highest BCUT2D eigenvalue weighted by Crippen LogP contribution is 2.28. The molecule has 1 aliphatic rings. The summed E-state index contributed by atoms with van der Waals surface area (Å²) in [6.07, 6.45) is -0.973. The van der Waals surface area contributed by atoms with E-state index in [9.17, 15) is 18.3 Å². The van der Waals surface area contributed by atoms with E-state index in [2.05, 4.69) is 4.72 Å². The molecular formula is C17H19ClN2O5S2. The highest BCUT2D eigenvalue weighted by molar-refractivity contribution is 7.92. The number of halogens is 1. The normalized spacial score (nSPS) is 18.0. The Bertz CT molecular complexity index is 945. The Morgan fingerprint density at radius 3 is 2.96 bits per heavy atom. The molecule has 1 fully saturated rings. The third-order valence-corrected chi connectivity index (χ3v) is 7.02. The number of ether oxygens (including phenoxy) is 1. The Hall–Kier alpha value is -1.65. The average molecular weight is 431 g/mol. The second-order valence-corrected chi connectivity index (χ2v) is 8.88. The number of nitrogens with zero attached hydrogens (tertiary/aromatic N) is 1. The number of sulfonamides is 1. The first kappa shape index (κ1) is 20.1. The molecule has 1 atom stereocenters. The molecule has 1 amide bonds. The van der Waals surface area contributed by atoms with Crippen LogP contribution in [0.1, 0.15) is 11.1 Å². The number of benzene rings is 1. The molecule has 0 radical (unpaired) electrons. The SMILES string of the molecule is Cc1c(Cl)cccc1S(=O)(=O)Nc1cscc1CCN1CCOC(O)C1=O. The summed E-state index contributed by atoms with van der Waals surface area (Å²) in [5.74, 6) is -0.479. The highest BCUT2D eigenvalue weighted by atomic mass is 35.5. The number of nitrogens with one attached hydrogen (secondary N) is 1. The van der Waals surface area contributed by atoms with E-state index >= 15 is 0 Å². The zero-order valence-electron chi connectivity index (χ0n) is 14.5. The van der Waals surface area contributed by atoms with Gasteiger partial charge in [-0.15, -0.1) is 11.3 Å². The van der Waals surface area contributed by atoms with Gasteiger partial charge in [-0.1, -0.05) is 17.7 Å². The molecule has 27 heavy (non-hydrogen) atoms. The van der Waals surface area contributed by atoms with Gasteiger partial charge in [0, 0.05) is 23.5 Å². The van der Waals surface area contributed by atoms with Crippen LogP contribution >= 0.6 is 22.9 Å². The molecular weight excluding hydrogens is 412 g/mol. The molecule has 0 aliphatic carbocycles. The molecule has 1 aromatic heterocycles. The molecule has 1 aromatic carbocycles. The van der Waals surface area contributed by atoms with Crippen LogP contribution in [0.25, 0.3) is 0 Å². The smallest absolute Gasteiger partial charge is 0.279 e. The summed E-state index contributed by atoms with van der Waals surface area (Å²) in [6.45, 7) is 2.68. The largest absolute Gasteiger partial charge is 0.361 e. The van der Waals surface area contributed by atoms with Crippen molar-refractivity contribution in [3.05, 3.63) is 45.1 Å². The van der Waals surface area contributed by atoms with Crippen molar-refractivity contribution in [2.45, 2.75) is 24.5 Å². The molecule has 10 heteroatoms. The highest BCUT2D eigenvalue weighted by Gasteiger charge is 2.27. The first-order valence-corrected chi connectivity index (χ1v) is 11.0. The maximum Gasteiger partial charge on any atom is 0.279 e. The number of amides is 1. The fourth-order valence-electron chi connectivity index (χ4n) is 2.77. The van der Waals surface area contributed by atoms with E-state index in [1.807, 2.05) is 5.38 Å². The van der Waals surface area contributed by atoms with Gasteiger partial charge in [0.05, 0.1) is 17.2 Å². The average Bonchev–Trinajstić information content (AvgIpc) is 3.05. The minimum Gasteiger partial charge on any atom is -0.361 e. The van der Waals surface area contributed by atoms with Gasteiger partial charge in [0.1, 0.15) is 0 Å². The second kappa shape index (κ2) is 8.15. The molecule has 7 nitrogen and oxygen atoms in total. The van der Waals surface area contributed by atoms with Gasteiger partial charge in [0.25, 0.3) is 15.9 Å². The van der Waals surface area contributed by atoms with Crippen molar-refractivity contribution >= 4 is 44.6 Å². The van der Waals surface area contributed by atoms with E-state index in [4.69, 9.17) is 16.3 Å². The minimum atomic E-state index is -3.79. The van der Waals surface area contributed by atoms with E-state index in [-0.39, 0.29) is 11.5 Å².